The molecule has 1 aliphatic carbocycles. The number of aromatic nitrogens is 2. The highest BCUT2D eigenvalue weighted by Crippen LogP contribution is 2.40. The number of halogens is 2. The molecule has 3 rings (SSSR count). The van der Waals surface area contributed by atoms with Gasteiger partial charge in [-0.05, 0) is 37.5 Å². The highest BCUT2D eigenvalue weighted by molar-refractivity contribution is 6.42. The zero-order valence-corrected chi connectivity index (χ0v) is 14.0. The van der Waals surface area contributed by atoms with Crippen LogP contribution >= 0.6 is 23.2 Å². The summed E-state index contributed by atoms with van der Waals surface area (Å²) in [4.78, 5) is 9.02. The third-order valence-electron chi connectivity index (χ3n) is 3.55. The normalized spacial score (nSPS) is 13.9. The van der Waals surface area contributed by atoms with Crippen LogP contribution in [0.4, 0.5) is 17.5 Å². The highest BCUT2D eigenvalue weighted by atomic mass is 35.5. The maximum atomic E-state index is 8.88. The Bertz CT molecular complexity index is 692. The molecule has 23 heavy (non-hydrogen) atoms. The molecule has 0 unspecified atom stereocenters. The van der Waals surface area contributed by atoms with Gasteiger partial charge in [-0.2, -0.15) is 4.98 Å². The number of aliphatic hydroxyl groups is 1. The number of rotatable bonds is 7. The Morgan fingerprint density at radius 2 is 1.96 bits per heavy atom. The number of nitrogens with one attached hydrogen (secondary N) is 2. The van der Waals surface area contributed by atoms with Crippen LogP contribution in [0.25, 0.3) is 0 Å². The summed E-state index contributed by atoms with van der Waals surface area (Å²) in [6, 6.07) is 7.33. The number of anilines is 3. The lowest BCUT2D eigenvalue weighted by atomic mass is 10.2. The molecule has 0 atom stereocenters. The van der Waals surface area contributed by atoms with Gasteiger partial charge in [0.2, 0.25) is 5.95 Å². The molecule has 0 saturated heterocycles. The average Bonchev–Trinajstić information content (AvgIpc) is 3.36. The average molecular weight is 353 g/mol. The summed E-state index contributed by atoms with van der Waals surface area (Å²) in [7, 11) is 0. The highest BCUT2D eigenvalue weighted by Gasteiger charge is 2.26. The minimum absolute atomic E-state index is 0.143. The van der Waals surface area contributed by atoms with Crippen molar-refractivity contribution in [2.75, 3.05) is 23.8 Å². The second-order valence-corrected chi connectivity index (χ2v) is 6.35. The van der Waals surface area contributed by atoms with Crippen LogP contribution in [0.2, 0.25) is 10.0 Å². The van der Waals surface area contributed by atoms with E-state index in [9.17, 15) is 0 Å². The van der Waals surface area contributed by atoms with Crippen LogP contribution in [-0.4, -0.2) is 28.2 Å². The van der Waals surface area contributed by atoms with E-state index < -0.39 is 0 Å². The first-order valence-corrected chi connectivity index (χ1v) is 8.37. The van der Waals surface area contributed by atoms with Gasteiger partial charge in [0.05, 0.1) is 15.7 Å². The number of benzene rings is 1. The molecule has 1 heterocycles. The van der Waals surface area contributed by atoms with Crippen LogP contribution in [0, 0.1) is 0 Å². The summed E-state index contributed by atoms with van der Waals surface area (Å²) in [5, 5.41) is 16.3. The van der Waals surface area contributed by atoms with E-state index in [1.54, 1.807) is 12.1 Å². The van der Waals surface area contributed by atoms with E-state index in [1.807, 2.05) is 12.1 Å². The monoisotopic (exact) mass is 352 g/mol. The molecular formula is C16H18Cl2N4O. The van der Waals surface area contributed by atoms with E-state index in [4.69, 9.17) is 28.3 Å². The Kier molecular flexibility index (Phi) is 5.20. The van der Waals surface area contributed by atoms with E-state index in [0.717, 1.165) is 11.4 Å². The van der Waals surface area contributed by atoms with Crippen molar-refractivity contribution in [3.05, 3.63) is 40.0 Å². The van der Waals surface area contributed by atoms with Crippen molar-refractivity contribution in [1.29, 1.82) is 0 Å². The van der Waals surface area contributed by atoms with Gasteiger partial charge in [-0.1, -0.05) is 23.2 Å². The third-order valence-corrected chi connectivity index (χ3v) is 4.29. The zero-order valence-electron chi connectivity index (χ0n) is 12.5. The number of aliphatic hydroxyl groups excluding tert-OH is 1. The summed E-state index contributed by atoms with van der Waals surface area (Å²) >= 11 is 12.0. The van der Waals surface area contributed by atoms with Crippen molar-refractivity contribution in [1.82, 2.24) is 9.97 Å². The molecule has 5 nitrogen and oxygen atoms in total. The first-order valence-electron chi connectivity index (χ1n) is 7.61. The number of hydrogen-bond donors (Lipinski definition) is 3. The largest absolute Gasteiger partial charge is 0.396 e. The van der Waals surface area contributed by atoms with E-state index >= 15 is 0 Å². The zero-order chi connectivity index (χ0) is 16.2. The molecule has 2 aromatic rings. The van der Waals surface area contributed by atoms with Crippen molar-refractivity contribution in [2.24, 2.45) is 0 Å². The van der Waals surface area contributed by atoms with Crippen LogP contribution < -0.4 is 10.6 Å². The van der Waals surface area contributed by atoms with Crippen molar-refractivity contribution in [3.8, 4) is 0 Å². The minimum Gasteiger partial charge on any atom is -0.396 e. The Balaban J connectivity index is 1.80. The van der Waals surface area contributed by atoms with Gasteiger partial charge in [-0.3, -0.25) is 0 Å². The van der Waals surface area contributed by atoms with E-state index in [-0.39, 0.29) is 6.61 Å². The van der Waals surface area contributed by atoms with Crippen LogP contribution in [0.15, 0.2) is 24.3 Å². The van der Waals surface area contributed by atoms with Gasteiger partial charge in [0.1, 0.15) is 5.82 Å². The molecule has 1 aromatic heterocycles. The fourth-order valence-corrected chi connectivity index (χ4v) is 2.50. The fourth-order valence-electron chi connectivity index (χ4n) is 2.20. The Morgan fingerprint density at radius 1 is 1.13 bits per heavy atom. The standard InChI is InChI=1S/C16H18Cl2N4O/c17-12-5-4-11(8-13(12)18)20-15-9-14(10-2-3-10)21-16(22-15)19-6-1-7-23/h4-5,8-10,23H,1-3,6-7H2,(H2,19,20,21,22). The van der Waals surface area contributed by atoms with Crippen molar-refractivity contribution in [3.63, 3.8) is 0 Å². The predicted octanol–water partition coefficient (Wildman–Crippen LogP) is 4.20. The SMILES string of the molecule is OCCCNc1nc(Nc2ccc(Cl)c(Cl)c2)cc(C2CC2)n1. The van der Waals surface area contributed by atoms with Crippen LogP contribution in [0.5, 0.6) is 0 Å². The lowest BCUT2D eigenvalue weighted by Crippen LogP contribution is -2.09. The lowest BCUT2D eigenvalue weighted by Gasteiger charge is -2.11. The van der Waals surface area contributed by atoms with Crippen LogP contribution in [0.3, 0.4) is 0 Å². The molecule has 7 heteroatoms. The summed E-state index contributed by atoms with van der Waals surface area (Å²) in [5.41, 5.74) is 1.86. The first-order chi connectivity index (χ1) is 11.2. The molecule has 1 aliphatic rings. The second-order valence-electron chi connectivity index (χ2n) is 5.53. The minimum atomic E-state index is 0.143. The van der Waals surface area contributed by atoms with Crippen LogP contribution in [0.1, 0.15) is 30.9 Å². The topological polar surface area (TPSA) is 70.1 Å². The van der Waals surface area contributed by atoms with Gasteiger partial charge in [-0.25, -0.2) is 4.98 Å². The summed E-state index contributed by atoms with van der Waals surface area (Å²) in [5.74, 6) is 1.81. The second kappa shape index (κ2) is 7.34. The van der Waals surface area contributed by atoms with Crippen molar-refractivity contribution < 1.29 is 5.11 Å². The molecule has 1 aromatic carbocycles. The molecule has 0 spiro atoms. The first kappa shape index (κ1) is 16.3. The summed E-state index contributed by atoms with van der Waals surface area (Å²) in [6.07, 6.45) is 2.99. The maximum absolute atomic E-state index is 8.88. The molecule has 0 radical (unpaired) electrons. The van der Waals surface area contributed by atoms with Gasteiger partial charge in [0.25, 0.3) is 0 Å². The van der Waals surface area contributed by atoms with Crippen LogP contribution in [-0.2, 0) is 0 Å². The summed E-state index contributed by atoms with van der Waals surface area (Å²) in [6.45, 7) is 0.778. The fraction of sp³-hybridized carbons (Fsp3) is 0.375. The number of nitrogens with zero attached hydrogens (tertiary/aromatic N) is 2. The van der Waals surface area contributed by atoms with E-state index in [0.29, 0.717) is 40.7 Å². The van der Waals surface area contributed by atoms with Gasteiger partial charge in [0.15, 0.2) is 0 Å². The quantitative estimate of drug-likeness (QED) is 0.651. The molecule has 122 valence electrons. The lowest BCUT2D eigenvalue weighted by molar-refractivity contribution is 0.292. The molecule has 0 amide bonds. The van der Waals surface area contributed by atoms with E-state index in [1.165, 1.54) is 12.8 Å². The molecular weight excluding hydrogens is 335 g/mol. The Morgan fingerprint density at radius 3 is 2.65 bits per heavy atom. The van der Waals surface area contributed by atoms with Gasteiger partial charge < -0.3 is 15.7 Å². The predicted molar refractivity (Wildman–Crippen MR) is 93.9 cm³/mol. The Labute approximate surface area is 145 Å². The smallest absolute Gasteiger partial charge is 0.224 e. The third kappa shape index (κ3) is 4.47. The van der Waals surface area contributed by atoms with Gasteiger partial charge in [-0.15, -0.1) is 0 Å². The molecule has 1 saturated carbocycles. The van der Waals surface area contributed by atoms with Gasteiger partial charge in [0, 0.05) is 30.8 Å². The van der Waals surface area contributed by atoms with Crippen molar-refractivity contribution >= 4 is 40.7 Å². The van der Waals surface area contributed by atoms with E-state index in [2.05, 4.69) is 20.6 Å². The number of hydrogen-bond acceptors (Lipinski definition) is 5. The molecule has 0 aliphatic heterocycles. The molecule has 0 bridgehead atoms. The van der Waals surface area contributed by atoms with Gasteiger partial charge >= 0.3 is 0 Å². The molecule has 1 fully saturated rings. The Hall–Kier alpha value is -1.56. The summed E-state index contributed by atoms with van der Waals surface area (Å²) < 4.78 is 0. The van der Waals surface area contributed by atoms with Crippen molar-refractivity contribution in [2.45, 2.75) is 25.2 Å². The maximum Gasteiger partial charge on any atom is 0.224 e. The molecule has 3 N–H and O–H groups in total.